The normalized spacial score (nSPS) is 26.4. The van der Waals surface area contributed by atoms with Crippen LogP contribution in [0, 0.1) is 0 Å². The van der Waals surface area contributed by atoms with Crippen molar-refractivity contribution in [1.29, 1.82) is 0 Å². The minimum Gasteiger partial charge on any atom is -0.394 e. The van der Waals surface area contributed by atoms with Gasteiger partial charge in [0.05, 0.1) is 6.61 Å². The molecule has 1 aromatic carbocycles. The van der Waals surface area contributed by atoms with Crippen LogP contribution in [0.5, 0.6) is 0 Å². The standard InChI is InChI=1S/C17H19N3O5/c18-15-11(7-6-10-4-2-1-3-5-10)8-20(17(24)19-15)16-14(23)13(22)12(9-21)25-16/h1-8,12-14,16,21-23H,9H2,(H2,18,19,24)/t12-,13-,14-,16-/m1/s1. The number of hydrogen-bond acceptors (Lipinski definition) is 7. The average Bonchev–Trinajstić information content (AvgIpc) is 2.90. The first kappa shape index (κ1) is 17.3. The first-order valence-corrected chi connectivity index (χ1v) is 7.75. The second-order valence-electron chi connectivity index (χ2n) is 5.74. The zero-order valence-corrected chi connectivity index (χ0v) is 13.3. The highest BCUT2D eigenvalue weighted by Crippen LogP contribution is 2.28. The predicted molar refractivity (Wildman–Crippen MR) is 91.3 cm³/mol. The molecule has 1 saturated heterocycles. The van der Waals surface area contributed by atoms with Crippen LogP contribution in [0.1, 0.15) is 17.4 Å². The Morgan fingerprint density at radius 1 is 1.20 bits per heavy atom. The number of benzene rings is 1. The number of aliphatic hydroxyl groups is 3. The second kappa shape index (κ2) is 7.16. The molecule has 25 heavy (non-hydrogen) atoms. The number of nitrogens with two attached hydrogens (primary N) is 1. The zero-order chi connectivity index (χ0) is 18.0. The maximum atomic E-state index is 12.1. The molecule has 0 amide bonds. The van der Waals surface area contributed by atoms with Gasteiger partial charge in [-0.2, -0.15) is 4.98 Å². The molecule has 3 rings (SSSR count). The molecule has 132 valence electrons. The number of aromatic nitrogens is 2. The van der Waals surface area contributed by atoms with E-state index in [-0.39, 0.29) is 5.82 Å². The van der Waals surface area contributed by atoms with E-state index in [1.54, 1.807) is 12.2 Å². The van der Waals surface area contributed by atoms with Crippen LogP contribution in [0.3, 0.4) is 0 Å². The van der Waals surface area contributed by atoms with Crippen molar-refractivity contribution in [3.05, 3.63) is 58.1 Å². The van der Waals surface area contributed by atoms with Crippen LogP contribution in [0.15, 0.2) is 41.3 Å². The molecule has 1 fully saturated rings. The zero-order valence-electron chi connectivity index (χ0n) is 13.3. The largest absolute Gasteiger partial charge is 0.394 e. The molecular formula is C17H19N3O5. The van der Waals surface area contributed by atoms with Gasteiger partial charge in [0.2, 0.25) is 0 Å². The molecule has 8 nitrogen and oxygen atoms in total. The van der Waals surface area contributed by atoms with Gasteiger partial charge in [-0.1, -0.05) is 36.4 Å². The van der Waals surface area contributed by atoms with Crippen molar-refractivity contribution in [2.45, 2.75) is 24.5 Å². The van der Waals surface area contributed by atoms with Crippen molar-refractivity contribution in [2.75, 3.05) is 12.3 Å². The molecular weight excluding hydrogens is 326 g/mol. The summed E-state index contributed by atoms with van der Waals surface area (Å²) < 4.78 is 6.43. The molecule has 0 radical (unpaired) electrons. The summed E-state index contributed by atoms with van der Waals surface area (Å²) in [6.45, 7) is -0.480. The Hall–Kier alpha value is -2.52. The topological polar surface area (TPSA) is 131 Å². The summed E-state index contributed by atoms with van der Waals surface area (Å²) in [5, 5.41) is 29.1. The van der Waals surface area contributed by atoms with E-state index in [1.807, 2.05) is 30.3 Å². The Bertz CT molecular complexity index is 821. The molecule has 8 heteroatoms. The quantitative estimate of drug-likeness (QED) is 0.593. The molecule has 1 aromatic heterocycles. The van der Waals surface area contributed by atoms with Crippen molar-refractivity contribution < 1.29 is 20.1 Å². The first-order valence-electron chi connectivity index (χ1n) is 7.75. The minimum absolute atomic E-state index is 0.0418. The van der Waals surface area contributed by atoms with Crippen LogP contribution >= 0.6 is 0 Å². The van der Waals surface area contributed by atoms with Crippen molar-refractivity contribution in [1.82, 2.24) is 9.55 Å². The third-order valence-corrected chi connectivity index (χ3v) is 4.06. The van der Waals surface area contributed by atoms with Crippen LogP contribution in [-0.2, 0) is 4.74 Å². The van der Waals surface area contributed by atoms with Gasteiger partial charge in [-0.15, -0.1) is 0 Å². The van der Waals surface area contributed by atoms with Crippen molar-refractivity contribution in [3.8, 4) is 0 Å². The molecule has 1 aliphatic rings. The van der Waals surface area contributed by atoms with E-state index in [0.717, 1.165) is 10.1 Å². The van der Waals surface area contributed by atoms with Gasteiger partial charge in [0.25, 0.3) is 0 Å². The fraction of sp³-hybridized carbons (Fsp3) is 0.294. The smallest absolute Gasteiger partial charge is 0.351 e. The van der Waals surface area contributed by atoms with Crippen molar-refractivity contribution in [3.63, 3.8) is 0 Å². The molecule has 2 aromatic rings. The summed E-state index contributed by atoms with van der Waals surface area (Å²) in [4.78, 5) is 15.9. The van der Waals surface area contributed by atoms with E-state index in [0.29, 0.717) is 5.56 Å². The Morgan fingerprint density at radius 3 is 2.56 bits per heavy atom. The molecule has 0 unspecified atom stereocenters. The molecule has 0 bridgehead atoms. The van der Waals surface area contributed by atoms with E-state index < -0.39 is 36.8 Å². The lowest BCUT2D eigenvalue weighted by Gasteiger charge is -2.18. The molecule has 0 spiro atoms. The highest BCUT2D eigenvalue weighted by atomic mass is 16.6. The van der Waals surface area contributed by atoms with Gasteiger partial charge in [-0.05, 0) is 11.6 Å². The Kier molecular flexibility index (Phi) is 4.95. The van der Waals surface area contributed by atoms with Crippen LogP contribution in [0.4, 0.5) is 5.82 Å². The lowest BCUT2D eigenvalue weighted by atomic mass is 10.1. The van der Waals surface area contributed by atoms with E-state index in [9.17, 15) is 15.0 Å². The Balaban J connectivity index is 1.94. The molecule has 0 saturated carbocycles. The number of nitrogen functional groups attached to an aromatic ring is 1. The summed E-state index contributed by atoms with van der Waals surface area (Å²) in [6.07, 6.45) is 0.0946. The third kappa shape index (κ3) is 3.47. The summed E-state index contributed by atoms with van der Waals surface area (Å²) in [5.74, 6) is 0.0418. The van der Waals surface area contributed by atoms with Crippen LogP contribution in [0.25, 0.3) is 12.2 Å². The molecule has 0 aliphatic carbocycles. The Labute approximate surface area is 143 Å². The number of rotatable bonds is 4. The van der Waals surface area contributed by atoms with Crippen LogP contribution < -0.4 is 11.4 Å². The van der Waals surface area contributed by atoms with Gasteiger partial charge in [-0.3, -0.25) is 4.57 Å². The molecule has 2 heterocycles. The number of ether oxygens (including phenoxy) is 1. The number of hydrogen-bond donors (Lipinski definition) is 4. The first-order chi connectivity index (χ1) is 12.0. The van der Waals surface area contributed by atoms with Gasteiger partial charge in [0.15, 0.2) is 6.23 Å². The summed E-state index contributed by atoms with van der Waals surface area (Å²) in [7, 11) is 0. The van der Waals surface area contributed by atoms with E-state index in [1.165, 1.54) is 6.20 Å². The molecule has 5 N–H and O–H groups in total. The maximum Gasteiger partial charge on any atom is 0.351 e. The highest BCUT2D eigenvalue weighted by molar-refractivity contribution is 5.73. The second-order valence-corrected chi connectivity index (χ2v) is 5.74. The number of nitrogens with zero attached hydrogens (tertiary/aromatic N) is 2. The molecule has 4 atom stereocenters. The van der Waals surface area contributed by atoms with Gasteiger partial charge < -0.3 is 25.8 Å². The highest BCUT2D eigenvalue weighted by Gasteiger charge is 2.43. The fourth-order valence-electron chi connectivity index (χ4n) is 2.67. The van der Waals surface area contributed by atoms with E-state index >= 15 is 0 Å². The summed E-state index contributed by atoms with van der Waals surface area (Å²) in [5.41, 5.74) is 6.48. The lowest BCUT2D eigenvalue weighted by Crippen LogP contribution is -2.36. The van der Waals surface area contributed by atoms with Gasteiger partial charge in [0.1, 0.15) is 24.1 Å². The van der Waals surface area contributed by atoms with E-state index in [2.05, 4.69) is 4.98 Å². The van der Waals surface area contributed by atoms with Crippen molar-refractivity contribution in [2.24, 2.45) is 0 Å². The van der Waals surface area contributed by atoms with Gasteiger partial charge in [0, 0.05) is 11.8 Å². The minimum atomic E-state index is -1.37. The van der Waals surface area contributed by atoms with Crippen LogP contribution in [0.2, 0.25) is 0 Å². The average molecular weight is 345 g/mol. The maximum absolute atomic E-state index is 12.1. The molecule has 1 aliphatic heterocycles. The SMILES string of the molecule is Nc1nc(=O)n([C@@H]2O[C@H](CO)[C@@H](O)[C@H]2O)cc1C=Cc1ccccc1. The fourth-order valence-corrected chi connectivity index (χ4v) is 2.67. The lowest BCUT2D eigenvalue weighted by molar-refractivity contribution is -0.0549. The predicted octanol–water partition coefficient (Wildman–Crippen LogP) is -0.393. The van der Waals surface area contributed by atoms with Gasteiger partial charge >= 0.3 is 5.69 Å². The van der Waals surface area contributed by atoms with Gasteiger partial charge in [-0.25, -0.2) is 4.79 Å². The number of aliphatic hydroxyl groups excluding tert-OH is 3. The van der Waals surface area contributed by atoms with E-state index in [4.69, 9.17) is 15.6 Å². The Morgan fingerprint density at radius 2 is 1.92 bits per heavy atom. The summed E-state index contributed by atoms with van der Waals surface area (Å²) in [6, 6.07) is 9.49. The summed E-state index contributed by atoms with van der Waals surface area (Å²) >= 11 is 0. The van der Waals surface area contributed by atoms with Crippen LogP contribution in [-0.4, -0.2) is 49.8 Å². The van der Waals surface area contributed by atoms with Crippen molar-refractivity contribution >= 4 is 18.0 Å². The third-order valence-electron chi connectivity index (χ3n) is 4.06. The monoisotopic (exact) mass is 345 g/mol. The number of anilines is 1.